The van der Waals surface area contributed by atoms with E-state index >= 15 is 0 Å². The van der Waals surface area contributed by atoms with E-state index in [0.29, 0.717) is 5.69 Å². The summed E-state index contributed by atoms with van der Waals surface area (Å²) >= 11 is 1.42. The summed E-state index contributed by atoms with van der Waals surface area (Å²) in [5.41, 5.74) is 1.44. The standard InChI is InChI=1S/C18H18FN5OS/c1-23-11-20-22-17(23)15-6-3-7-24(15)16(25)9-14-10-26-18(21-14)12-4-2-5-13(19)8-12/h2,4-5,8,10-11,15H,3,6-7,9H2,1H3. The Hall–Kier alpha value is -2.61. The Kier molecular flexibility index (Phi) is 4.50. The van der Waals surface area contributed by atoms with Gasteiger partial charge in [0.15, 0.2) is 5.82 Å². The number of carbonyl (C=O) groups is 1. The number of aromatic nitrogens is 4. The first-order valence-corrected chi connectivity index (χ1v) is 9.33. The normalized spacial score (nSPS) is 17.0. The van der Waals surface area contributed by atoms with Gasteiger partial charge in [-0.15, -0.1) is 21.5 Å². The molecule has 1 aliphatic heterocycles. The highest BCUT2D eigenvalue weighted by Crippen LogP contribution is 2.31. The molecule has 6 nitrogen and oxygen atoms in total. The molecule has 4 rings (SSSR count). The number of benzene rings is 1. The van der Waals surface area contributed by atoms with Crippen molar-refractivity contribution >= 4 is 17.2 Å². The second-order valence-electron chi connectivity index (χ2n) is 6.38. The molecule has 134 valence electrons. The van der Waals surface area contributed by atoms with Crippen molar-refractivity contribution in [2.75, 3.05) is 6.54 Å². The van der Waals surface area contributed by atoms with Gasteiger partial charge in [-0.2, -0.15) is 0 Å². The summed E-state index contributed by atoms with van der Waals surface area (Å²) in [5, 5.41) is 10.7. The van der Waals surface area contributed by atoms with E-state index in [1.54, 1.807) is 12.4 Å². The van der Waals surface area contributed by atoms with Gasteiger partial charge >= 0.3 is 0 Å². The largest absolute Gasteiger partial charge is 0.332 e. The second kappa shape index (κ2) is 6.95. The van der Waals surface area contributed by atoms with Crippen LogP contribution in [0.4, 0.5) is 4.39 Å². The average Bonchev–Trinajstić information content (AvgIpc) is 3.34. The Morgan fingerprint density at radius 3 is 3.08 bits per heavy atom. The van der Waals surface area contributed by atoms with Gasteiger partial charge in [0, 0.05) is 24.5 Å². The van der Waals surface area contributed by atoms with E-state index in [2.05, 4.69) is 15.2 Å². The van der Waals surface area contributed by atoms with Gasteiger partial charge in [-0.05, 0) is 25.0 Å². The first-order chi connectivity index (χ1) is 12.6. The zero-order valence-corrected chi connectivity index (χ0v) is 15.1. The number of likely N-dealkylation sites (tertiary alicyclic amines) is 1. The number of thiazole rings is 1. The Morgan fingerprint density at radius 1 is 1.42 bits per heavy atom. The third-order valence-electron chi connectivity index (χ3n) is 4.57. The fraction of sp³-hybridized carbons (Fsp3) is 0.333. The van der Waals surface area contributed by atoms with Gasteiger partial charge in [-0.25, -0.2) is 9.37 Å². The molecule has 3 heterocycles. The van der Waals surface area contributed by atoms with Gasteiger partial charge in [0.2, 0.25) is 5.91 Å². The quantitative estimate of drug-likeness (QED) is 0.707. The number of aryl methyl sites for hydroxylation is 1. The Balaban J connectivity index is 1.49. The van der Waals surface area contributed by atoms with Crippen molar-refractivity contribution in [3.63, 3.8) is 0 Å². The van der Waals surface area contributed by atoms with Crippen molar-refractivity contribution in [1.82, 2.24) is 24.6 Å². The molecule has 1 fully saturated rings. The molecular weight excluding hydrogens is 353 g/mol. The minimum atomic E-state index is -0.293. The first kappa shape index (κ1) is 16.8. The lowest BCUT2D eigenvalue weighted by Crippen LogP contribution is -2.33. The lowest BCUT2D eigenvalue weighted by molar-refractivity contribution is -0.131. The average molecular weight is 371 g/mol. The minimum Gasteiger partial charge on any atom is -0.332 e. The molecule has 0 spiro atoms. The van der Waals surface area contributed by atoms with Crippen molar-refractivity contribution in [2.24, 2.45) is 7.05 Å². The fourth-order valence-corrected chi connectivity index (χ4v) is 4.14. The smallest absolute Gasteiger partial charge is 0.229 e. The third-order valence-corrected chi connectivity index (χ3v) is 5.51. The summed E-state index contributed by atoms with van der Waals surface area (Å²) in [6.45, 7) is 0.719. The maximum atomic E-state index is 13.4. The molecule has 0 saturated carbocycles. The molecule has 0 aliphatic carbocycles. The van der Waals surface area contributed by atoms with E-state index in [1.165, 1.54) is 23.5 Å². The van der Waals surface area contributed by atoms with E-state index in [9.17, 15) is 9.18 Å². The second-order valence-corrected chi connectivity index (χ2v) is 7.23. The highest BCUT2D eigenvalue weighted by Gasteiger charge is 2.33. The summed E-state index contributed by atoms with van der Waals surface area (Å²) in [6.07, 6.45) is 3.74. The molecule has 1 saturated heterocycles. The van der Waals surface area contributed by atoms with Crippen molar-refractivity contribution in [2.45, 2.75) is 25.3 Å². The molecule has 26 heavy (non-hydrogen) atoms. The highest BCUT2D eigenvalue weighted by atomic mass is 32.1. The molecule has 2 aromatic heterocycles. The van der Waals surface area contributed by atoms with Crippen LogP contribution in [0.3, 0.4) is 0 Å². The van der Waals surface area contributed by atoms with E-state index < -0.39 is 0 Å². The summed E-state index contributed by atoms with van der Waals surface area (Å²) in [4.78, 5) is 19.2. The molecule has 0 N–H and O–H groups in total. The Labute approximate surface area is 154 Å². The van der Waals surface area contributed by atoms with Gasteiger partial charge in [-0.1, -0.05) is 12.1 Å². The predicted octanol–water partition coefficient (Wildman–Crippen LogP) is 2.98. The number of amides is 1. The summed E-state index contributed by atoms with van der Waals surface area (Å²) in [7, 11) is 1.89. The third kappa shape index (κ3) is 3.24. The van der Waals surface area contributed by atoms with E-state index in [4.69, 9.17) is 0 Å². The van der Waals surface area contributed by atoms with Gasteiger partial charge in [0.25, 0.3) is 0 Å². The van der Waals surface area contributed by atoms with Crippen LogP contribution >= 0.6 is 11.3 Å². The number of halogens is 1. The molecule has 0 radical (unpaired) electrons. The van der Waals surface area contributed by atoms with Crippen LogP contribution < -0.4 is 0 Å². The Morgan fingerprint density at radius 2 is 2.31 bits per heavy atom. The molecule has 1 aliphatic rings. The monoisotopic (exact) mass is 371 g/mol. The van der Waals surface area contributed by atoms with E-state index in [1.807, 2.05) is 28.0 Å². The zero-order valence-electron chi connectivity index (χ0n) is 14.3. The van der Waals surface area contributed by atoms with Crippen molar-refractivity contribution in [3.8, 4) is 10.6 Å². The highest BCUT2D eigenvalue weighted by molar-refractivity contribution is 7.13. The fourth-order valence-electron chi connectivity index (χ4n) is 3.33. The number of rotatable bonds is 4. The summed E-state index contributed by atoms with van der Waals surface area (Å²) in [6, 6.07) is 6.30. The predicted molar refractivity (Wildman–Crippen MR) is 95.9 cm³/mol. The van der Waals surface area contributed by atoms with E-state index in [-0.39, 0.29) is 24.2 Å². The SMILES string of the molecule is Cn1cnnc1C1CCCN1C(=O)Cc1csc(-c2cccc(F)c2)n1. The molecule has 1 atom stereocenters. The van der Waals surface area contributed by atoms with Crippen molar-refractivity contribution in [3.05, 3.63) is 53.3 Å². The molecule has 8 heteroatoms. The maximum absolute atomic E-state index is 13.4. The van der Waals surface area contributed by atoms with Crippen LogP contribution in [0.1, 0.15) is 30.4 Å². The van der Waals surface area contributed by atoms with Crippen LogP contribution in [-0.4, -0.2) is 37.1 Å². The number of nitrogens with zero attached hydrogens (tertiary/aromatic N) is 5. The number of carbonyl (C=O) groups excluding carboxylic acids is 1. The number of hydrogen-bond acceptors (Lipinski definition) is 5. The van der Waals surface area contributed by atoms with Crippen LogP contribution in [0, 0.1) is 5.82 Å². The van der Waals surface area contributed by atoms with Gasteiger partial charge < -0.3 is 9.47 Å². The molecular formula is C18H18FN5OS. The zero-order chi connectivity index (χ0) is 18.1. The molecule has 1 unspecified atom stereocenters. The Bertz CT molecular complexity index is 937. The summed E-state index contributed by atoms with van der Waals surface area (Å²) < 4.78 is 15.2. The van der Waals surface area contributed by atoms with Crippen LogP contribution in [-0.2, 0) is 18.3 Å². The van der Waals surface area contributed by atoms with Crippen LogP contribution in [0.5, 0.6) is 0 Å². The molecule has 1 amide bonds. The lowest BCUT2D eigenvalue weighted by atomic mass is 10.2. The van der Waals surface area contributed by atoms with Crippen LogP contribution in [0.15, 0.2) is 36.0 Å². The van der Waals surface area contributed by atoms with Gasteiger partial charge in [0.1, 0.15) is 17.2 Å². The molecule has 3 aromatic rings. The van der Waals surface area contributed by atoms with Crippen LogP contribution in [0.2, 0.25) is 0 Å². The topological polar surface area (TPSA) is 63.9 Å². The minimum absolute atomic E-state index is 0.0312. The lowest BCUT2D eigenvalue weighted by Gasteiger charge is -2.23. The maximum Gasteiger partial charge on any atom is 0.229 e. The van der Waals surface area contributed by atoms with Crippen LogP contribution in [0.25, 0.3) is 10.6 Å². The number of hydrogen-bond donors (Lipinski definition) is 0. The summed E-state index contributed by atoms with van der Waals surface area (Å²) in [5.74, 6) is 0.556. The van der Waals surface area contributed by atoms with Crippen molar-refractivity contribution in [1.29, 1.82) is 0 Å². The molecule has 0 bridgehead atoms. The first-order valence-electron chi connectivity index (χ1n) is 8.45. The van der Waals surface area contributed by atoms with Gasteiger partial charge in [-0.3, -0.25) is 4.79 Å². The van der Waals surface area contributed by atoms with Crippen molar-refractivity contribution < 1.29 is 9.18 Å². The van der Waals surface area contributed by atoms with Gasteiger partial charge in [0.05, 0.1) is 18.2 Å². The molecule has 1 aromatic carbocycles. The van der Waals surface area contributed by atoms with E-state index in [0.717, 1.165) is 35.8 Å².